The molecule has 1 N–H and O–H groups in total. The van der Waals surface area contributed by atoms with E-state index in [0.29, 0.717) is 0 Å². The molecule has 0 unspecified atom stereocenters. The van der Waals surface area contributed by atoms with Crippen molar-refractivity contribution in [3.8, 4) is 0 Å². The summed E-state index contributed by atoms with van der Waals surface area (Å²) in [6.45, 7) is 0. The highest BCUT2D eigenvalue weighted by atomic mass is 32.1. The van der Waals surface area contributed by atoms with E-state index in [1.807, 2.05) is 0 Å². The van der Waals surface area contributed by atoms with E-state index < -0.39 is 0 Å². The first-order chi connectivity index (χ1) is 9.31. The minimum atomic E-state index is -0.256. The van der Waals surface area contributed by atoms with Crippen molar-refractivity contribution in [1.82, 2.24) is 4.98 Å². The number of nitrogens with one attached hydrogen (secondary N) is 1. The monoisotopic (exact) mass is 275 g/mol. The van der Waals surface area contributed by atoms with Crippen LogP contribution in [-0.4, -0.2) is 11.2 Å². The molecule has 0 saturated heterocycles. The van der Waals surface area contributed by atoms with Gasteiger partial charge in [0.1, 0.15) is 5.82 Å². The standard InChI is InChI=1S/C14H14FN3S/c15-11-5-3-4-10(8-11)9-16-18-14-17-12-6-1-2-7-13(12)19-14/h3-5,8-9H,1-2,6-7H2,(H,17,18)/b16-9-. The molecule has 0 aliphatic heterocycles. The molecule has 1 aromatic heterocycles. The zero-order valence-electron chi connectivity index (χ0n) is 10.4. The van der Waals surface area contributed by atoms with Crippen molar-refractivity contribution in [2.24, 2.45) is 5.10 Å². The Morgan fingerprint density at radius 1 is 1.32 bits per heavy atom. The molecule has 0 atom stereocenters. The molecule has 1 aliphatic rings. The lowest BCUT2D eigenvalue weighted by Gasteiger charge is -2.06. The Labute approximate surface area is 115 Å². The molecular formula is C14H14FN3S. The molecule has 3 nitrogen and oxygen atoms in total. The topological polar surface area (TPSA) is 37.3 Å². The molecule has 1 heterocycles. The predicted octanol–water partition coefficient (Wildman–Crippen LogP) is 3.61. The van der Waals surface area contributed by atoms with Crippen LogP contribution in [0.4, 0.5) is 9.52 Å². The number of hydrogen-bond acceptors (Lipinski definition) is 4. The number of fused-ring (bicyclic) bond motifs is 1. The maximum Gasteiger partial charge on any atom is 0.203 e. The molecule has 0 saturated carbocycles. The first kappa shape index (κ1) is 12.3. The second kappa shape index (κ2) is 5.48. The summed E-state index contributed by atoms with van der Waals surface area (Å²) in [5.41, 5.74) is 4.86. The van der Waals surface area contributed by atoms with Crippen LogP contribution in [0, 0.1) is 5.82 Å². The molecular weight excluding hydrogens is 261 g/mol. The summed E-state index contributed by atoms with van der Waals surface area (Å²) in [5.74, 6) is -0.256. The minimum absolute atomic E-state index is 0.256. The molecule has 0 spiro atoms. The van der Waals surface area contributed by atoms with E-state index >= 15 is 0 Å². The Morgan fingerprint density at radius 3 is 3.05 bits per heavy atom. The summed E-state index contributed by atoms with van der Waals surface area (Å²) in [4.78, 5) is 5.89. The van der Waals surface area contributed by atoms with Crippen LogP contribution in [0.1, 0.15) is 29.0 Å². The highest BCUT2D eigenvalue weighted by Crippen LogP contribution is 2.29. The Morgan fingerprint density at radius 2 is 2.21 bits per heavy atom. The van der Waals surface area contributed by atoms with E-state index in [9.17, 15) is 4.39 Å². The third kappa shape index (κ3) is 2.98. The number of thiazole rings is 1. The summed E-state index contributed by atoms with van der Waals surface area (Å²) >= 11 is 1.66. The predicted molar refractivity (Wildman–Crippen MR) is 76.4 cm³/mol. The molecule has 0 bridgehead atoms. The number of hydrazone groups is 1. The molecule has 19 heavy (non-hydrogen) atoms. The molecule has 1 aliphatic carbocycles. The van der Waals surface area contributed by atoms with Crippen LogP contribution in [0.15, 0.2) is 29.4 Å². The molecule has 0 fully saturated rings. The van der Waals surface area contributed by atoms with Crippen molar-refractivity contribution < 1.29 is 4.39 Å². The van der Waals surface area contributed by atoms with Crippen molar-refractivity contribution in [1.29, 1.82) is 0 Å². The number of anilines is 1. The molecule has 3 rings (SSSR count). The lowest BCUT2D eigenvalue weighted by Crippen LogP contribution is -1.99. The van der Waals surface area contributed by atoms with Crippen LogP contribution in [0.25, 0.3) is 0 Å². The van der Waals surface area contributed by atoms with Crippen LogP contribution in [0.3, 0.4) is 0 Å². The minimum Gasteiger partial charge on any atom is -0.253 e. The number of benzene rings is 1. The summed E-state index contributed by atoms with van der Waals surface area (Å²) in [6.07, 6.45) is 6.27. The molecule has 1 aromatic carbocycles. The average molecular weight is 275 g/mol. The van der Waals surface area contributed by atoms with E-state index in [0.717, 1.165) is 23.5 Å². The fourth-order valence-corrected chi connectivity index (χ4v) is 3.15. The number of hydrogen-bond donors (Lipinski definition) is 1. The van der Waals surface area contributed by atoms with Crippen LogP contribution in [-0.2, 0) is 12.8 Å². The lowest BCUT2D eigenvalue weighted by atomic mass is 10.0. The second-order valence-corrected chi connectivity index (χ2v) is 5.60. The van der Waals surface area contributed by atoms with E-state index in [1.54, 1.807) is 29.7 Å². The Hall–Kier alpha value is -1.75. The zero-order valence-corrected chi connectivity index (χ0v) is 11.2. The van der Waals surface area contributed by atoms with Crippen LogP contribution >= 0.6 is 11.3 Å². The maximum absolute atomic E-state index is 13.0. The number of aryl methyl sites for hydroxylation is 2. The van der Waals surface area contributed by atoms with Gasteiger partial charge >= 0.3 is 0 Å². The number of halogens is 1. The molecule has 0 amide bonds. The van der Waals surface area contributed by atoms with E-state index in [4.69, 9.17) is 0 Å². The van der Waals surface area contributed by atoms with Gasteiger partial charge in [-0.15, -0.1) is 11.3 Å². The fourth-order valence-electron chi connectivity index (χ4n) is 2.15. The van der Waals surface area contributed by atoms with Crippen molar-refractivity contribution >= 4 is 22.7 Å². The van der Waals surface area contributed by atoms with Crippen molar-refractivity contribution in [3.63, 3.8) is 0 Å². The van der Waals surface area contributed by atoms with E-state index in [-0.39, 0.29) is 5.82 Å². The Kier molecular flexibility index (Phi) is 3.55. The smallest absolute Gasteiger partial charge is 0.203 e. The molecule has 5 heteroatoms. The molecule has 98 valence electrons. The van der Waals surface area contributed by atoms with Crippen molar-refractivity contribution in [3.05, 3.63) is 46.2 Å². The van der Waals surface area contributed by atoms with E-state index in [1.165, 1.54) is 35.5 Å². The summed E-state index contributed by atoms with van der Waals surface area (Å²) < 4.78 is 13.0. The summed E-state index contributed by atoms with van der Waals surface area (Å²) in [5, 5.41) is 4.92. The third-order valence-corrected chi connectivity index (χ3v) is 4.13. The van der Waals surface area contributed by atoms with Crippen LogP contribution in [0.5, 0.6) is 0 Å². The maximum atomic E-state index is 13.0. The van der Waals surface area contributed by atoms with Gasteiger partial charge in [-0.1, -0.05) is 12.1 Å². The number of nitrogens with zero attached hydrogens (tertiary/aromatic N) is 2. The van der Waals surface area contributed by atoms with Gasteiger partial charge in [0.05, 0.1) is 11.9 Å². The number of aromatic nitrogens is 1. The lowest BCUT2D eigenvalue weighted by molar-refractivity contribution is 0.627. The normalized spacial score (nSPS) is 14.6. The highest BCUT2D eigenvalue weighted by molar-refractivity contribution is 7.15. The summed E-state index contributed by atoms with van der Waals surface area (Å²) in [6, 6.07) is 6.33. The first-order valence-electron chi connectivity index (χ1n) is 6.34. The van der Waals surface area contributed by atoms with Gasteiger partial charge in [-0.3, -0.25) is 5.43 Å². The van der Waals surface area contributed by atoms with Gasteiger partial charge in [-0.25, -0.2) is 9.37 Å². The summed E-state index contributed by atoms with van der Waals surface area (Å²) in [7, 11) is 0. The zero-order chi connectivity index (χ0) is 13.1. The van der Waals surface area contributed by atoms with Crippen LogP contribution in [0.2, 0.25) is 0 Å². The SMILES string of the molecule is Fc1cccc(/C=N\Nc2nc3c(s2)CCCC3)c1. The molecule has 2 aromatic rings. The van der Waals surface area contributed by atoms with Crippen molar-refractivity contribution in [2.45, 2.75) is 25.7 Å². The molecule has 0 radical (unpaired) electrons. The van der Waals surface area contributed by atoms with E-state index in [2.05, 4.69) is 15.5 Å². The second-order valence-electron chi connectivity index (χ2n) is 4.52. The van der Waals surface area contributed by atoms with Crippen LogP contribution < -0.4 is 5.43 Å². The van der Waals surface area contributed by atoms with Gasteiger partial charge in [0, 0.05) is 4.88 Å². The van der Waals surface area contributed by atoms with Gasteiger partial charge in [0.2, 0.25) is 5.13 Å². The quantitative estimate of drug-likeness (QED) is 0.686. The number of rotatable bonds is 3. The van der Waals surface area contributed by atoms with Gasteiger partial charge in [-0.2, -0.15) is 5.10 Å². The van der Waals surface area contributed by atoms with Crippen molar-refractivity contribution in [2.75, 3.05) is 5.43 Å². The van der Waals surface area contributed by atoms with Gasteiger partial charge < -0.3 is 0 Å². The first-order valence-corrected chi connectivity index (χ1v) is 7.16. The highest BCUT2D eigenvalue weighted by Gasteiger charge is 2.14. The van der Waals surface area contributed by atoms with Gasteiger partial charge in [-0.05, 0) is 43.4 Å². The Bertz CT molecular complexity index is 583. The van der Waals surface area contributed by atoms with Gasteiger partial charge in [0.25, 0.3) is 0 Å². The third-order valence-electron chi connectivity index (χ3n) is 3.07. The average Bonchev–Trinajstić information content (AvgIpc) is 2.81. The van der Waals surface area contributed by atoms with Gasteiger partial charge in [0.15, 0.2) is 0 Å². The largest absolute Gasteiger partial charge is 0.253 e. The Balaban J connectivity index is 1.67. The fraction of sp³-hybridized carbons (Fsp3) is 0.286.